The fourth-order valence-corrected chi connectivity index (χ4v) is 1.86. The van der Waals surface area contributed by atoms with Gasteiger partial charge in [0.25, 0.3) is 0 Å². The SMILES string of the molecule is Cc1cccc(C2=N[C@H](C(C)C)CO2)c1C. The molecule has 1 aromatic rings. The first kappa shape index (κ1) is 11.2. The van der Waals surface area contributed by atoms with Crippen molar-refractivity contribution in [3.05, 3.63) is 34.9 Å². The first-order chi connectivity index (χ1) is 7.59. The van der Waals surface area contributed by atoms with E-state index < -0.39 is 0 Å². The number of hydrogen-bond acceptors (Lipinski definition) is 2. The molecule has 2 rings (SSSR count). The van der Waals surface area contributed by atoms with Gasteiger partial charge in [-0.1, -0.05) is 26.0 Å². The molecule has 0 unspecified atom stereocenters. The molecular formula is C14H19NO. The van der Waals surface area contributed by atoms with Crippen LogP contribution < -0.4 is 0 Å². The van der Waals surface area contributed by atoms with E-state index in [1.54, 1.807) is 0 Å². The van der Waals surface area contributed by atoms with E-state index >= 15 is 0 Å². The van der Waals surface area contributed by atoms with Crippen molar-refractivity contribution in [3.63, 3.8) is 0 Å². The van der Waals surface area contributed by atoms with Crippen LogP contribution in [-0.2, 0) is 4.74 Å². The van der Waals surface area contributed by atoms with Crippen molar-refractivity contribution in [2.75, 3.05) is 6.61 Å². The molecule has 0 amide bonds. The van der Waals surface area contributed by atoms with Gasteiger partial charge >= 0.3 is 0 Å². The van der Waals surface area contributed by atoms with E-state index in [0.717, 1.165) is 18.1 Å². The molecule has 1 aliphatic rings. The maximum absolute atomic E-state index is 5.70. The van der Waals surface area contributed by atoms with Gasteiger partial charge in [-0.25, -0.2) is 4.99 Å². The molecule has 2 heteroatoms. The highest BCUT2D eigenvalue weighted by Crippen LogP contribution is 2.21. The van der Waals surface area contributed by atoms with Crippen LogP contribution in [0, 0.1) is 19.8 Å². The fraction of sp³-hybridized carbons (Fsp3) is 0.500. The van der Waals surface area contributed by atoms with E-state index in [9.17, 15) is 0 Å². The highest BCUT2D eigenvalue weighted by atomic mass is 16.5. The van der Waals surface area contributed by atoms with Crippen LogP contribution in [0.4, 0.5) is 0 Å². The van der Waals surface area contributed by atoms with Crippen molar-refractivity contribution in [2.24, 2.45) is 10.9 Å². The number of hydrogen-bond donors (Lipinski definition) is 0. The summed E-state index contributed by atoms with van der Waals surface area (Å²) in [5, 5.41) is 0. The Labute approximate surface area is 97.4 Å². The Balaban J connectivity index is 2.32. The molecule has 2 nitrogen and oxygen atoms in total. The molecule has 0 saturated heterocycles. The lowest BCUT2D eigenvalue weighted by atomic mass is 10.0. The van der Waals surface area contributed by atoms with E-state index in [1.165, 1.54) is 11.1 Å². The first-order valence-electron chi connectivity index (χ1n) is 5.86. The van der Waals surface area contributed by atoms with Crippen molar-refractivity contribution in [3.8, 4) is 0 Å². The zero-order chi connectivity index (χ0) is 11.7. The zero-order valence-electron chi connectivity index (χ0n) is 10.4. The molecule has 0 spiro atoms. The van der Waals surface area contributed by atoms with Crippen LogP contribution in [0.25, 0.3) is 0 Å². The molecule has 0 saturated carbocycles. The number of rotatable bonds is 2. The Kier molecular flexibility index (Phi) is 2.99. The lowest BCUT2D eigenvalue weighted by Gasteiger charge is -2.07. The van der Waals surface area contributed by atoms with E-state index in [-0.39, 0.29) is 0 Å². The molecule has 16 heavy (non-hydrogen) atoms. The Morgan fingerprint density at radius 3 is 2.69 bits per heavy atom. The molecule has 1 aromatic carbocycles. The van der Waals surface area contributed by atoms with Crippen molar-refractivity contribution in [2.45, 2.75) is 33.7 Å². The Hall–Kier alpha value is -1.31. The second-order valence-electron chi connectivity index (χ2n) is 4.80. The summed E-state index contributed by atoms with van der Waals surface area (Å²) < 4.78 is 5.70. The lowest BCUT2D eigenvalue weighted by Crippen LogP contribution is -2.13. The molecule has 0 fully saturated rings. The Morgan fingerprint density at radius 2 is 2.06 bits per heavy atom. The summed E-state index contributed by atoms with van der Waals surface area (Å²) in [7, 11) is 0. The summed E-state index contributed by atoms with van der Waals surface area (Å²) in [5.74, 6) is 1.36. The molecule has 1 aliphatic heterocycles. The predicted octanol–water partition coefficient (Wildman–Crippen LogP) is 3.10. The number of nitrogens with zero attached hydrogens (tertiary/aromatic N) is 1. The smallest absolute Gasteiger partial charge is 0.216 e. The maximum Gasteiger partial charge on any atom is 0.216 e. The fourth-order valence-electron chi connectivity index (χ4n) is 1.86. The molecule has 1 heterocycles. The summed E-state index contributed by atoms with van der Waals surface area (Å²) in [6.45, 7) is 9.33. The van der Waals surface area contributed by atoms with E-state index in [2.05, 4.69) is 50.9 Å². The molecule has 0 aliphatic carbocycles. The summed E-state index contributed by atoms with van der Waals surface area (Å²) in [6, 6.07) is 6.58. The Morgan fingerprint density at radius 1 is 1.31 bits per heavy atom. The minimum Gasteiger partial charge on any atom is -0.475 e. The molecule has 0 N–H and O–H groups in total. The Bertz CT molecular complexity index is 421. The first-order valence-corrected chi connectivity index (χ1v) is 5.86. The third kappa shape index (κ3) is 1.97. The summed E-state index contributed by atoms with van der Waals surface area (Å²) in [4.78, 5) is 4.65. The monoisotopic (exact) mass is 217 g/mol. The van der Waals surface area contributed by atoms with E-state index in [0.29, 0.717) is 12.0 Å². The van der Waals surface area contributed by atoms with Gasteiger partial charge < -0.3 is 4.74 Å². The third-order valence-corrected chi connectivity index (χ3v) is 3.28. The highest BCUT2D eigenvalue weighted by Gasteiger charge is 2.23. The average molecular weight is 217 g/mol. The second kappa shape index (κ2) is 4.28. The highest BCUT2D eigenvalue weighted by molar-refractivity contribution is 5.96. The van der Waals surface area contributed by atoms with Gasteiger partial charge in [0, 0.05) is 5.56 Å². The van der Waals surface area contributed by atoms with Gasteiger partial charge in [0.05, 0.1) is 6.04 Å². The normalized spacial score (nSPS) is 19.8. The summed E-state index contributed by atoms with van der Waals surface area (Å²) in [6.07, 6.45) is 0. The number of aryl methyl sites for hydroxylation is 1. The molecular weight excluding hydrogens is 198 g/mol. The third-order valence-electron chi connectivity index (χ3n) is 3.28. The molecule has 0 radical (unpaired) electrons. The zero-order valence-corrected chi connectivity index (χ0v) is 10.4. The van der Waals surface area contributed by atoms with Crippen LogP contribution in [0.15, 0.2) is 23.2 Å². The average Bonchev–Trinajstić information content (AvgIpc) is 2.71. The van der Waals surface area contributed by atoms with Crippen molar-refractivity contribution >= 4 is 5.90 Å². The van der Waals surface area contributed by atoms with E-state index in [4.69, 9.17) is 4.74 Å². The molecule has 86 valence electrons. The molecule has 0 bridgehead atoms. The topological polar surface area (TPSA) is 21.6 Å². The molecule has 1 atom stereocenters. The van der Waals surface area contributed by atoms with Gasteiger partial charge in [-0.3, -0.25) is 0 Å². The van der Waals surface area contributed by atoms with Gasteiger partial charge in [0.2, 0.25) is 5.90 Å². The van der Waals surface area contributed by atoms with Gasteiger partial charge in [0.1, 0.15) is 6.61 Å². The maximum atomic E-state index is 5.70. The van der Waals surface area contributed by atoms with Crippen molar-refractivity contribution in [1.29, 1.82) is 0 Å². The van der Waals surface area contributed by atoms with Crippen LogP contribution >= 0.6 is 0 Å². The van der Waals surface area contributed by atoms with Gasteiger partial charge in [-0.15, -0.1) is 0 Å². The number of aliphatic imine (C=N–C) groups is 1. The summed E-state index contributed by atoms with van der Waals surface area (Å²) >= 11 is 0. The van der Waals surface area contributed by atoms with E-state index in [1.807, 2.05) is 0 Å². The van der Waals surface area contributed by atoms with Gasteiger partial charge in [-0.05, 0) is 37.0 Å². The van der Waals surface area contributed by atoms with Crippen LogP contribution in [0.2, 0.25) is 0 Å². The van der Waals surface area contributed by atoms with Gasteiger partial charge in [0.15, 0.2) is 0 Å². The second-order valence-corrected chi connectivity index (χ2v) is 4.80. The predicted molar refractivity (Wildman–Crippen MR) is 67.0 cm³/mol. The minimum absolute atomic E-state index is 0.315. The largest absolute Gasteiger partial charge is 0.475 e. The quantitative estimate of drug-likeness (QED) is 0.746. The molecule has 0 aromatic heterocycles. The minimum atomic E-state index is 0.315. The number of ether oxygens (including phenoxy) is 1. The van der Waals surface area contributed by atoms with Crippen molar-refractivity contribution in [1.82, 2.24) is 0 Å². The standard InChI is InChI=1S/C14H19NO/c1-9(2)13-8-16-14(15-13)12-7-5-6-10(3)11(12)4/h5-7,9,13H,8H2,1-4H3/t13-/m0/s1. The van der Waals surface area contributed by atoms with Crippen LogP contribution in [0.5, 0.6) is 0 Å². The number of benzene rings is 1. The van der Waals surface area contributed by atoms with Gasteiger partial charge in [-0.2, -0.15) is 0 Å². The summed E-state index contributed by atoms with van der Waals surface area (Å²) in [5.41, 5.74) is 3.70. The van der Waals surface area contributed by atoms with Crippen molar-refractivity contribution < 1.29 is 4.74 Å². The van der Waals surface area contributed by atoms with Crippen LogP contribution in [-0.4, -0.2) is 18.5 Å². The van der Waals surface area contributed by atoms with Crippen LogP contribution in [0.1, 0.15) is 30.5 Å². The lowest BCUT2D eigenvalue weighted by molar-refractivity contribution is 0.291. The van der Waals surface area contributed by atoms with Crippen LogP contribution in [0.3, 0.4) is 0 Å².